The third kappa shape index (κ3) is 15.6. The van der Waals surface area contributed by atoms with Crippen LogP contribution in [0.25, 0.3) is 22.3 Å². The number of hydrogen-bond donors (Lipinski definition) is 2. The molecule has 0 saturated heterocycles. The predicted molar refractivity (Wildman–Crippen MR) is 285 cm³/mol. The number of hydrogen-bond acceptors (Lipinski definition) is 15. The zero-order valence-corrected chi connectivity index (χ0v) is 46.8. The maximum atomic E-state index is 13.5. The third-order valence-corrected chi connectivity index (χ3v) is 14.1. The molecule has 4 unspecified atom stereocenters. The average Bonchev–Trinajstić information content (AvgIpc) is 1.11. The molecule has 0 spiro atoms. The summed E-state index contributed by atoms with van der Waals surface area (Å²) < 4.78 is 281. The number of carbonyl (C=O) groups is 1. The largest absolute Gasteiger partial charge is 0.586 e. The Morgan fingerprint density at radius 1 is 0.484 bits per heavy atom. The first-order chi connectivity index (χ1) is 43.4. The van der Waals surface area contributed by atoms with E-state index in [1.54, 1.807) is 0 Å². The Morgan fingerprint density at radius 2 is 0.839 bits per heavy atom. The van der Waals surface area contributed by atoms with Gasteiger partial charge in [0, 0.05) is 16.7 Å². The number of alkyl halides is 19. The molecular formula is C59H39ClF18N2O13. The zero-order valence-electron chi connectivity index (χ0n) is 46.1. The Labute approximate surface area is 515 Å². The predicted octanol–water partition coefficient (Wildman–Crippen LogP) is 15.3. The first-order valence-corrected chi connectivity index (χ1v) is 27.0. The van der Waals surface area contributed by atoms with Gasteiger partial charge in [-0.2, -0.15) is 26.3 Å². The van der Waals surface area contributed by atoms with Crippen LogP contribution < -0.4 is 57.2 Å². The summed E-state index contributed by atoms with van der Waals surface area (Å²) in [6.45, 7) is -2.53. The monoisotopic (exact) mass is 1360 g/mol. The highest BCUT2D eigenvalue weighted by Crippen LogP contribution is 2.52. The van der Waals surface area contributed by atoms with E-state index in [1.807, 2.05) is 0 Å². The second-order valence-electron chi connectivity index (χ2n) is 20.2. The number of rotatable bonds is 12. The minimum Gasteiger partial charge on any atom is -0.488 e. The van der Waals surface area contributed by atoms with Crippen LogP contribution in [-0.2, 0) is 0 Å². The van der Waals surface area contributed by atoms with Gasteiger partial charge in [-0.05, 0) is 101 Å². The third-order valence-electron chi connectivity index (χ3n) is 13.8. The van der Waals surface area contributed by atoms with Gasteiger partial charge in [-0.25, -0.2) is 0 Å². The molecule has 7 aromatic carbocycles. The lowest BCUT2D eigenvalue weighted by molar-refractivity contribution is -0.287. The van der Waals surface area contributed by atoms with Crippen LogP contribution in [0.15, 0.2) is 140 Å². The van der Waals surface area contributed by atoms with Crippen LogP contribution in [0.2, 0.25) is 0 Å². The molecule has 0 aromatic heterocycles. The van der Waals surface area contributed by atoms with Crippen LogP contribution in [0.1, 0.15) is 33.6 Å². The van der Waals surface area contributed by atoms with Crippen LogP contribution in [0.5, 0.6) is 57.5 Å². The maximum absolute atomic E-state index is 13.5. The van der Waals surface area contributed by atoms with Crippen molar-refractivity contribution in [3.63, 3.8) is 0 Å². The Hall–Kier alpha value is -9.24. The number of Topliss-reactive ketones (excluding diaryl/α,β-unsaturated/α-hetero) is 1. The van der Waals surface area contributed by atoms with Gasteiger partial charge < -0.3 is 67.4 Å². The molecule has 34 heteroatoms. The first-order valence-electron chi connectivity index (χ1n) is 26.5. The number of aliphatic hydroxyl groups is 2. The van der Waals surface area contributed by atoms with Gasteiger partial charge in [-0.3, -0.25) is 4.79 Å². The SMILES string of the molecule is O=C(CCl)c1ccc2c(c1)OC(F)(F)O2.OC(CN1c2cccc(-c3cccc(OC(F)(F)F)c3)c2OCC1c1ccc2c(c1)OC(F)(F)O2)C(F)(F)F.OC(CN1c2cccc(-c3cccc(OC(F)(F)F)c3)c2OCC1c1ccc2c(c1)OC(F)(F)O2)C(F)(F)F. The van der Waals surface area contributed by atoms with Crippen molar-refractivity contribution < 1.29 is 141 Å². The minimum absolute atomic E-state index is 0.0413. The van der Waals surface area contributed by atoms with Crippen LogP contribution in [-0.4, -0.2) is 104 Å². The number of para-hydroxylation sites is 2. The topological polar surface area (TPSA) is 156 Å². The van der Waals surface area contributed by atoms with Crippen molar-refractivity contribution in [1.82, 2.24) is 0 Å². The fourth-order valence-electron chi connectivity index (χ4n) is 9.95. The van der Waals surface area contributed by atoms with Crippen LogP contribution in [0.4, 0.5) is 90.4 Å². The molecule has 15 nitrogen and oxygen atoms in total. The zero-order chi connectivity index (χ0) is 67.4. The highest BCUT2D eigenvalue weighted by molar-refractivity contribution is 6.30. The summed E-state index contributed by atoms with van der Waals surface area (Å²) in [6.07, 6.45) is -36.9. The summed E-state index contributed by atoms with van der Waals surface area (Å²) >= 11 is 5.32. The molecule has 0 fully saturated rings. The van der Waals surface area contributed by atoms with Gasteiger partial charge in [-0.1, -0.05) is 60.7 Å². The van der Waals surface area contributed by atoms with Crippen LogP contribution in [0.3, 0.4) is 0 Å². The first kappa shape index (κ1) is 66.7. The van der Waals surface area contributed by atoms with Crippen LogP contribution in [0, 0.1) is 0 Å². The maximum Gasteiger partial charge on any atom is 0.586 e. The average molecular weight is 1360 g/mol. The number of ether oxygens (including phenoxy) is 10. The smallest absolute Gasteiger partial charge is 0.488 e. The number of fused-ring (bicyclic) bond motifs is 5. The lowest BCUT2D eigenvalue weighted by atomic mass is 9.98. The Balaban J connectivity index is 0.000000167. The van der Waals surface area contributed by atoms with E-state index in [9.17, 15) is 94.0 Å². The van der Waals surface area contributed by atoms with Crippen molar-refractivity contribution in [1.29, 1.82) is 0 Å². The van der Waals surface area contributed by atoms with Crippen molar-refractivity contribution in [2.45, 2.75) is 68.3 Å². The van der Waals surface area contributed by atoms with Crippen molar-refractivity contribution >= 4 is 28.8 Å². The molecule has 2 N–H and O–H groups in total. The number of nitrogens with zero attached hydrogens (tertiary/aromatic N) is 2. The standard InChI is InChI=1S/2C25H17F8NO5.C9H5ClF2O3/c2*26-23(27,28)21(35)11-34-17-6-2-5-16(13-3-1-4-15(9-13)37-24(29,30)31)22(17)36-12-18(34)14-7-8-19-20(10-14)39-25(32,33)38-19;10-4-6(13)5-1-2-7-8(3-5)15-9(11,12)14-7/h2*1-10,18,21,35H,11-12H2;1-3H,4H2. The van der Waals surface area contributed by atoms with Crippen molar-refractivity contribution in [2.75, 3.05) is 42.0 Å². The van der Waals surface area contributed by atoms with Gasteiger partial charge in [0.25, 0.3) is 0 Å². The molecular weight excluding hydrogens is 1320 g/mol. The molecule has 5 heterocycles. The van der Waals surface area contributed by atoms with Gasteiger partial charge in [0.05, 0.1) is 42.4 Å². The number of benzene rings is 7. The number of ketones is 1. The molecule has 93 heavy (non-hydrogen) atoms. The molecule has 0 amide bonds. The Kier molecular flexibility index (Phi) is 17.9. The highest BCUT2D eigenvalue weighted by Gasteiger charge is 2.49. The van der Waals surface area contributed by atoms with E-state index in [0.717, 1.165) is 24.3 Å². The molecule has 0 bridgehead atoms. The van der Waals surface area contributed by atoms with Gasteiger partial charge in [-0.15, -0.1) is 64.3 Å². The number of carbonyl (C=O) groups excluding carboxylic acids is 1. The normalized spacial score (nSPS) is 18.4. The van der Waals surface area contributed by atoms with E-state index in [4.69, 9.17) is 21.1 Å². The van der Waals surface area contributed by atoms with E-state index in [2.05, 4.69) is 37.9 Å². The van der Waals surface area contributed by atoms with E-state index in [-0.39, 0.29) is 121 Å². The molecule has 496 valence electrons. The van der Waals surface area contributed by atoms with Gasteiger partial charge in [0.2, 0.25) is 0 Å². The lowest BCUT2D eigenvalue weighted by Gasteiger charge is -2.40. The van der Waals surface area contributed by atoms with Gasteiger partial charge >= 0.3 is 44.0 Å². The minimum atomic E-state index is -4.99. The molecule has 0 radical (unpaired) electrons. The van der Waals surface area contributed by atoms with Gasteiger partial charge in [0.1, 0.15) is 24.7 Å². The molecule has 0 saturated carbocycles. The number of halogens is 19. The summed E-state index contributed by atoms with van der Waals surface area (Å²) in [5.41, 5.74) is 1.75. The van der Waals surface area contributed by atoms with E-state index < -0.39 is 92.8 Å². The lowest BCUT2D eigenvalue weighted by Crippen LogP contribution is -2.46. The number of anilines is 2. The molecule has 7 aromatic rings. The number of aliphatic hydroxyl groups excluding tert-OH is 2. The molecule has 4 atom stereocenters. The van der Waals surface area contributed by atoms with Crippen molar-refractivity contribution in [3.05, 3.63) is 156 Å². The van der Waals surface area contributed by atoms with E-state index >= 15 is 0 Å². The second kappa shape index (κ2) is 25.0. The highest BCUT2D eigenvalue weighted by atomic mass is 35.5. The number of β-amino-alcohol motifs (C(OH)–C–C–N with tert-alkyl or cyclic N) is 2. The molecule has 5 aliphatic rings. The summed E-state index contributed by atoms with van der Waals surface area (Å²) in [7, 11) is 0. The molecule has 5 aliphatic heterocycles. The van der Waals surface area contributed by atoms with E-state index in [0.29, 0.717) is 0 Å². The fraction of sp³-hybridized carbons (Fsp3) is 0.271. The molecule has 12 rings (SSSR count). The summed E-state index contributed by atoms with van der Waals surface area (Å²) in [5, 5.41) is 19.8. The summed E-state index contributed by atoms with van der Waals surface area (Å²) in [4.78, 5) is 13.5. The van der Waals surface area contributed by atoms with Crippen LogP contribution >= 0.6 is 11.6 Å². The second-order valence-corrected chi connectivity index (χ2v) is 20.4. The van der Waals surface area contributed by atoms with Crippen molar-refractivity contribution in [2.24, 2.45) is 0 Å². The summed E-state index contributed by atoms with van der Waals surface area (Å²) in [5.74, 6) is -3.00. The summed E-state index contributed by atoms with van der Waals surface area (Å²) in [6, 6.07) is 27.7. The fourth-order valence-corrected chi connectivity index (χ4v) is 10.1. The Bertz CT molecular complexity index is 3700. The van der Waals surface area contributed by atoms with Crippen molar-refractivity contribution in [3.8, 4) is 79.7 Å². The van der Waals surface area contributed by atoms with Gasteiger partial charge in [0.15, 0.2) is 64.0 Å². The molecule has 0 aliphatic carbocycles. The quantitative estimate of drug-likeness (QED) is 0.0676. The van der Waals surface area contributed by atoms with E-state index in [1.165, 1.54) is 125 Å². The Morgan fingerprint density at radius 3 is 1.20 bits per heavy atom.